The van der Waals surface area contributed by atoms with Gasteiger partial charge in [0.2, 0.25) is 0 Å². The number of benzene rings is 1. The zero-order chi connectivity index (χ0) is 14.1. The molecule has 1 atom stereocenters. The summed E-state index contributed by atoms with van der Waals surface area (Å²) >= 11 is 0. The fraction of sp³-hybridized carbons (Fsp3) is 0.462. The van der Waals surface area contributed by atoms with E-state index in [1.165, 1.54) is 12.1 Å². The van der Waals surface area contributed by atoms with Crippen LogP contribution < -0.4 is 5.32 Å². The van der Waals surface area contributed by atoms with Crippen molar-refractivity contribution < 1.29 is 19.0 Å². The fourth-order valence-corrected chi connectivity index (χ4v) is 1.43. The molecule has 0 aliphatic heterocycles. The third-order valence-corrected chi connectivity index (χ3v) is 2.40. The first-order valence-corrected chi connectivity index (χ1v) is 5.86. The highest BCUT2D eigenvalue weighted by atomic mass is 19.1. The van der Waals surface area contributed by atoms with Crippen LogP contribution in [0.15, 0.2) is 18.2 Å². The Morgan fingerprint density at radius 1 is 1.47 bits per heavy atom. The molecule has 1 aromatic rings. The van der Waals surface area contributed by atoms with Crippen molar-refractivity contribution in [1.82, 2.24) is 0 Å². The summed E-state index contributed by atoms with van der Waals surface area (Å²) in [5.74, 6) is -0.585. The van der Waals surface area contributed by atoms with E-state index < -0.39 is 11.9 Å². The molecular weight excluding hydrogens is 251 g/mol. The van der Waals surface area contributed by atoms with Gasteiger partial charge in [0.05, 0.1) is 31.6 Å². The molecule has 0 bridgehead atoms. The van der Waals surface area contributed by atoms with Crippen LogP contribution in [0.5, 0.6) is 0 Å². The van der Waals surface area contributed by atoms with Crippen LogP contribution in [0.3, 0.4) is 0 Å². The molecule has 1 rings (SSSR count). The summed E-state index contributed by atoms with van der Waals surface area (Å²) in [6.07, 6.45) is -0.744. The second-order valence-electron chi connectivity index (χ2n) is 3.88. The first-order valence-electron chi connectivity index (χ1n) is 5.86. The van der Waals surface area contributed by atoms with Crippen molar-refractivity contribution in [3.05, 3.63) is 29.6 Å². The van der Waals surface area contributed by atoms with E-state index in [2.05, 4.69) is 5.32 Å². The van der Waals surface area contributed by atoms with Crippen molar-refractivity contribution in [2.45, 2.75) is 6.10 Å². The van der Waals surface area contributed by atoms with Crippen molar-refractivity contribution >= 4 is 5.69 Å². The maximum atomic E-state index is 13.3. The molecule has 0 aromatic heterocycles. The number of nitriles is 1. The van der Waals surface area contributed by atoms with Gasteiger partial charge in [-0.2, -0.15) is 5.26 Å². The third-order valence-electron chi connectivity index (χ3n) is 2.40. The van der Waals surface area contributed by atoms with E-state index in [4.69, 9.17) is 14.7 Å². The van der Waals surface area contributed by atoms with Crippen LogP contribution in [0.4, 0.5) is 10.1 Å². The Bertz CT molecular complexity index is 434. The van der Waals surface area contributed by atoms with E-state index in [0.717, 1.165) is 0 Å². The van der Waals surface area contributed by atoms with Gasteiger partial charge in [-0.25, -0.2) is 4.39 Å². The van der Waals surface area contributed by atoms with E-state index in [1.807, 2.05) is 0 Å². The summed E-state index contributed by atoms with van der Waals surface area (Å²) in [5, 5.41) is 21.3. The molecule has 1 unspecified atom stereocenters. The normalized spacial score (nSPS) is 11.9. The van der Waals surface area contributed by atoms with Crippen molar-refractivity contribution in [3.8, 4) is 6.07 Å². The minimum Gasteiger partial charge on any atom is -0.389 e. The molecule has 0 aliphatic rings. The monoisotopic (exact) mass is 268 g/mol. The number of nitrogens with one attached hydrogen (secondary N) is 1. The molecule has 0 radical (unpaired) electrons. The lowest BCUT2D eigenvalue weighted by atomic mass is 10.2. The van der Waals surface area contributed by atoms with Crippen molar-refractivity contribution in [3.63, 3.8) is 0 Å². The lowest BCUT2D eigenvalue weighted by molar-refractivity contribution is 0.0182. The van der Waals surface area contributed by atoms with Gasteiger partial charge >= 0.3 is 0 Å². The average molecular weight is 268 g/mol. The Balaban J connectivity index is 2.40. The highest BCUT2D eigenvalue weighted by molar-refractivity contribution is 5.57. The summed E-state index contributed by atoms with van der Waals surface area (Å²) in [6, 6.07) is 6.08. The predicted molar refractivity (Wildman–Crippen MR) is 68.3 cm³/mol. The van der Waals surface area contributed by atoms with Crippen molar-refractivity contribution in [2.75, 3.05) is 38.8 Å². The Labute approximate surface area is 111 Å². The minimum atomic E-state index is -0.744. The van der Waals surface area contributed by atoms with Gasteiger partial charge in [-0.3, -0.25) is 0 Å². The van der Waals surface area contributed by atoms with Gasteiger partial charge in [0.15, 0.2) is 0 Å². The van der Waals surface area contributed by atoms with Gasteiger partial charge in [0.1, 0.15) is 17.4 Å². The summed E-state index contributed by atoms with van der Waals surface area (Å²) in [7, 11) is 1.56. The van der Waals surface area contributed by atoms with E-state index in [9.17, 15) is 9.50 Å². The van der Waals surface area contributed by atoms with Crippen LogP contribution >= 0.6 is 0 Å². The standard InChI is InChI=1S/C13H17FN2O3/c1-18-5-6-19-9-10(17)8-16-13-4-2-3-12(14)11(13)7-15/h2-4,10,16-17H,5-6,8-9H2,1H3. The topological polar surface area (TPSA) is 74.5 Å². The molecule has 104 valence electrons. The fourth-order valence-electron chi connectivity index (χ4n) is 1.43. The Kier molecular flexibility index (Phi) is 6.82. The van der Waals surface area contributed by atoms with Gasteiger partial charge in [-0.15, -0.1) is 0 Å². The Morgan fingerprint density at radius 2 is 2.26 bits per heavy atom. The molecule has 0 amide bonds. The molecule has 19 heavy (non-hydrogen) atoms. The number of ether oxygens (including phenoxy) is 2. The highest BCUT2D eigenvalue weighted by Gasteiger charge is 2.09. The molecule has 6 heteroatoms. The van der Waals surface area contributed by atoms with Gasteiger partial charge in [0.25, 0.3) is 0 Å². The Hall–Kier alpha value is -1.68. The average Bonchev–Trinajstić information content (AvgIpc) is 2.41. The number of nitrogens with zero attached hydrogens (tertiary/aromatic N) is 1. The third kappa shape index (κ3) is 5.22. The van der Waals surface area contributed by atoms with Gasteiger partial charge in [-0.05, 0) is 12.1 Å². The smallest absolute Gasteiger partial charge is 0.143 e. The van der Waals surface area contributed by atoms with Gasteiger partial charge < -0.3 is 19.9 Å². The van der Waals surface area contributed by atoms with Gasteiger partial charge in [-0.1, -0.05) is 6.07 Å². The molecule has 0 saturated heterocycles. The lowest BCUT2D eigenvalue weighted by Crippen LogP contribution is -2.26. The molecule has 0 heterocycles. The number of aliphatic hydroxyl groups excluding tert-OH is 1. The quantitative estimate of drug-likeness (QED) is 0.691. The zero-order valence-electron chi connectivity index (χ0n) is 10.7. The van der Waals surface area contributed by atoms with Crippen LogP contribution in [-0.4, -0.2) is 44.7 Å². The number of hydrogen-bond acceptors (Lipinski definition) is 5. The van der Waals surface area contributed by atoms with E-state index >= 15 is 0 Å². The number of aliphatic hydroxyl groups is 1. The number of rotatable bonds is 8. The molecule has 0 spiro atoms. The van der Waals surface area contributed by atoms with Crippen LogP contribution in [-0.2, 0) is 9.47 Å². The largest absolute Gasteiger partial charge is 0.389 e. The van der Waals surface area contributed by atoms with E-state index in [0.29, 0.717) is 18.9 Å². The van der Waals surface area contributed by atoms with E-state index in [-0.39, 0.29) is 18.7 Å². The van der Waals surface area contributed by atoms with Crippen LogP contribution in [0.2, 0.25) is 0 Å². The number of anilines is 1. The first-order chi connectivity index (χ1) is 9.19. The zero-order valence-corrected chi connectivity index (χ0v) is 10.7. The maximum Gasteiger partial charge on any atom is 0.143 e. The van der Waals surface area contributed by atoms with E-state index in [1.54, 1.807) is 19.2 Å². The molecular formula is C13H17FN2O3. The maximum absolute atomic E-state index is 13.3. The number of hydrogen-bond donors (Lipinski definition) is 2. The summed E-state index contributed by atoms with van der Waals surface area (Å²) in [4.78, 5) is 0. The molecule has 0 fully saturated rings. The highest BCUT2D eigenvalue weighted by Crippen LogP contribution is 2.17. The SMILES string of the molecule is COCCOCC(O)CNc1cccc(F)c1C#N. The van der Waals surface area contributed by atoms with Gasteiger partial charge in [0, 0.05) is 13.7 Å². The lowest BCUT2D eigenvalue weighted by Gasteiger charge is -2.14. The minimum absolute atomic E-state index is 0.0602. The van der Waals surface area contributed by atoms with Crippen molar-refractivity contribution in [2.24, 2.45) is 0 Å². The van der Waals surface area contributed by atoms with Crippen molar-refractivity contribution in [1.29, 1.82) is 5.26 Å². The summed E-state index contributed by atoms with van der Waals surface area (Å²) < 4.78 is 23.2. The van der Waals surface area contributed by atoms with Crippen LogP contribution in [0, 0.1) is 17.1 Å². The number of methoxy groups -OCH3 is 1. The molecule has 2 N–H and O–H groups in total. The van der Waals surface area contributed by atoms with Crippen LogP contribution in [0.1, 0.15) is 5.56 Å². The summed E-state index contributed by atoms with van der Waals surface area (Å²) in [6.45, 7) is 1.18. The Morgan fingerprint density at radius 3 is 2.95 bits per heavy atom. The second-order valence-corrected chi connectivity index (χ2v) is 3.88. The molecule has 1 aromatic carbocycles. The second kappa shape index (κ2) is 8.43. The first kappa shape index (κ1) is 15.4. The summed E-state index contributed by atoms with van der Waals surface area (Å²) in [5.41, 5.74) is 0.299. The molecule has 0 saturated carbocycles. The van der Waals surface area contributed by atoms with Crippen LogP contribution in [0.25, 0.3) is 0 Å². The predicted octanol–water partition coefficient (Wildman–Crippen LogP) is 1.13. The number of halogens is 1. The molecule has 0 aliphatic carbocycles. The molecule has 5 nitrogen and oxygen atoms in total.